The summed E-state index contributed by atoms with van der Waals surface area (Å²) in [5, 5.41) is 4.88. The van der Waals surface area contributed by atoms with Gasteiger partial charge in [0.2, 0.25) is 0 Å². The molecule has 122 valence electrons. The third-order valence-electron chi connectivity index (χ3n) is 4.39. The van der Waals surface area contributed by atoms with Gasteiger partial charge in [-0.1, -0.05) is 6.07 Å². The number of aromatic nitrogens is 1. The summed E-state index contributed by atoms with van der Waals surface area (Å²) in [6, 6.07) is 6.72. The quantitative estimate of drug-likeness (QED) is 0.661. The minimum atomic E-state index is -0.257. The lowest BCUT2D eigenvalue weighted by Crippen LogP contribution is -2.38. The highest BCUT2D eigenvalue weighted by Gasteiger charge is 2.29. The van der Waals surface area contributed by atoms with E-state index in [4.69, 9.17) is 0 Å². The lowest BCUT2D eigenvalue weighted by molar-refractivity contribution is 0.0682. The van der Waals surface area contributed by atoms with Crippen molar-refractivity contribution in [3.05, 3.63) is 63.0 Å². The van der Waals surface area contributed by atoms with E-state index in [0.29, 0.717) is 11.4 Å². The minimum absolute atomic E-state index is 0.0311. The summed E-state index contributed by atoms with van der Waals surface area (Å²) in [4.78, 5) is 19.7. The highest BCUT2D eigenvalue weighted by molar-refractivity contribution is 7.17. The van der Waals surface area contributed by atoms with Crippen molar-refractivity contribution in [3.63, 3.8) is 0 Å². The molecule has 3 heterocycles. The van der Waals surface area contributed by atoms with Crippen molar-refractivity contribution in [2.75, 3.05) is 6.54 Å². The first-order chi connectivity index (χ1) is 11.6. The molecule has 0 saturated carbocycles. The second kappa shape index (κ2) is 6.11. The first kappa shape index (κ1) is 15.5. The molecule has 0 bridgehead atoms. The number of benzene rings is 1. The fourth-order valence-electron chi connectivity index (χ4n) is 3.10. The smallest absolute Gasteiger partial charge is 0.266 e. The molecule has 4 rings (SSSR count). The van der Waals surface area contributed by atoms with Crippen LogP contribution in [-0.2, 0) is 6.42 Å². The van der Waals surface area contributed by atoms with Crippen molar-refractivity contribution in [3.8, 4) is 10.6 Å². The molecule has 0 spiro atoms. The van der Waals surface area contributed by atoms with Crippen LogP contribution in [0.25, 0.3) is 10.6 Å². The summed E-state index contributed by atoms with van der Waals surface area (Å²) in [7, 11) is 0. The molecule has 1 aliphatic rings. The largest absolute Gasteiger partial charge is 0.331 e. The summed E-state index contributed by atoms with van der Waals surface area (Å²) in [5.74, 6) is -0.288. The molecular formula is C18H15FN2OS2. The van der Waals surface area contributed by atoms with E-state index in [2.05, 4.69) is 4.98 Å². The summed E-state index contributed by atoms with van der Waals surface area (Å²) in [6.07, 6.45) is 2.40. The Balaban J connectivity index is 1.61. The number of carbonyl (C=O) groups is 1. The Morgan fingerprint density at radius 1 is 1.38 bits per heavy atom. The fourth-order valence-corrected chi connectivity index (χ4v) is 4.68. The molecule has 0 aliphatic carbocycles. The van der Waals surface area contributed by atoms with Gasteiger partial charge in [-0.3, -0.25) is 4.79 Å². The number of hydrogen-bond acceptors (Lipinski definition) is 4. The van der Waals surface area contributed by atoms with Crippen molar-refractivity contribution >= 4 is 28.6 Å². The Morgan fingerprint density at radius 2 is 2.25 bits per heavy atom. The normalized spacial score (nSPS) is 16.9. The SMILES string of the molecule is CC1c2cc(F)ccc2CCN1C(=O)c1cnc(-c2ccsc2)s1. The molecule has 1 atom stereocenters. The maximum Gasteiger partial charge on any atom is 0.266 e. The number of thiophene rings is 1. The minimum Gasteiger partial charge on any atom is -0.331 e. The average molecular weight is 358 g/mol. The van der Waals surface area contributed by atoms with E-state index in [1.165, 1.54) is 17.4 Å². The summed E-state index contributed by atoms with van der Waals surface area (Å²) >= 11 is 3.02. The van der Waals surface area contributed by atoms with E-state index < -0.39 is 0 Å². The zero-order valence-electron chi connectivity index (χ0n) is 13.0. The predicted octanol–water partition coefficient (Wildman–Crippen LogP) is 4.77. The van der Waals surface area contributed by atoms with Crippen LogP contribution in [0.3, 0.4) is 0 Å². The topological polar surface area (TPSA) is 33.2 Å². The molecule has 0 N–H and O–H groups in total. The Labute approximate surface area is 147 Å². The van der Waals surface area contributed by atoms with Crippen LogP contribution in [0.1, 0.15) is 33.8 Å². The molecule has 1 aliphatic heterocycles. The number of amides is 1. The van der Waals surface area contributed by atoms with Gasteiger partial charge >= 0.3 is 0 Å². The molecule has 24 heavy (non-hydrogen) atoms. The van der Waals surface area contributed by atoms with Gasteiger partial charge in [-0.05, 0) is 48.1 Å². The summed E-state index contributed by atoms with van der Waals surface area (Å²) in [6.45, 7) is 2.60. The van der Waals surface area contributed by atoms with Crippen LogP contribution in [-0.4, -0.2) is 22.3 Å². The fraction of sp³-hybridized carbons (Fsp3) is 0.222. The van der Waals surface area contributed by atoms with Gasteiger partial charge < -0.3 is 4.90 Å². The number of nitrogens with zero attached hydrogens (tertiary/aromatic N) is 2. The molecule has 3 nitrogen and oxygen atoms in total. The Hall–Kier alpha value is -2.05. The van der Waals surface area contributed by atoms with Gasteiger partial charge in [-0.15, -0.1) is 11.3 Å². The first-order valence-electron chi connectivity index (χ1n) is 7.71. The standard InChI is InChI=1S/C18H15FN2OS2/c1-11-15-8-14(19)3-2-12(15)4-6-21(11)18(22)16-9-20-17(24-16)13-5-7-23-10-13/h2-3,5,7-11H,4,6H2,1H3. The van der Waals surface area contributed by atoms with Crippen molar-refractivity contribution in [2.45, 2.75) is 19.4 Å². The molecule has 1 aromatic carbocycles. The number of fused-ring (bicyclic) bond motifs is 1. The van der Waals surface area contributed by atoms with Crippen molar-refractivity contribution in [2.24, 2.45) is 0 Å². The Morgan fingerprint density at radius 3 is 3.04 bits per heavy atom. The van der Waals surface area contributed by atoms with Crippen molar-refractivity contribution in [1.29, 1.82) is 0 Å². The highest BCUT2D eigenvalue weighted by atomic mass is 32.1. The van der Waals surface area contributed by atoms with Gasteiger partial charge in [-0.2, -0.15) is 11.3 Å². The molecule has 0 saturated heterocycles. The van der Waals surface area contributed by atoms with E-state index >= 15 is 0 Å². The lowest BCUT2D eigenvalue weighted by atomic mass is 9.93. The number of carbonyl (C=O) groups excluding carboxylic acids is 1. The van der Waals surface area contributed by atoms with E-state index in [1.807, 2.05) is 34.7 Å². The molecule has 0 radical (unpaired) electrons. The van der Waals surface area contributed by atoms with E-state index in [1.54, 1.807) is 23.6 Å². The molecular weight excluding hydrogens is 343 g/mol. The second-order valence-corrected chi connectivity index (χ2v) is 7.62. The lowest BCUT2D eigenvalue weighted by Gasteiger charge is -2.35. The monoisotopic (exact) mass is 358 g/mol. The summed E-state index contributed by atoms with van der Waals surface area (Å²) in [5.41, 5.74) is 3.07. The van der Waals surface area contributed by atoms with Crippen LogP contribution < -0.4 is 0 Å². The van der Waals surface area contributed by atoms with Gasteiger partial charge in [0.25, 0.3) is 5.91 Å². The molecule has 2 aromatic heterocycles. The predicted molar refractivity (Wildman–Crippen MR) is 95.0 cm³/mol. The van der Waals surface area contributed by atoms with Crippen LogP contribution in [0.15, 0.2) is 41.2 Å². The Kier molecular flexibility index (Phi) is 3.94. The maximum atomic E-state index is 13.6. The number of thiazole rings is 1. The van der Waals surface area contributed by atoms with E-state index in [0.717, 1.165) is 28.1 Å². The zero-order chi connectivity index (χ0) is 16.7. The zero-order valence-corrected chi connectivity index (χ0v) is 14.7. The van der Waals surface area contributed by atoms with Crippen molar-refractivity contribution < 1.29 is 9.18 Å². The summed E-state index contributed by atoms with van der Waals surface area (Å²) < 4.78 is 13.6. The third-order valence-corrected chi connectivity index (χ3v) is 6.11. The third kappa shape index (κ3) is 2.65. The Bertz CT molecular complexity index is 888. The van der Waals surface area contributed by atoms with Gasteiger partial charge in [0.1, 0.15) is 15.7 Å². The van der Waals surface area contributed by atoms with Crippen LogP contribution in [0.5, 0.6) is 0 Å². The first-order valence-corrected chi connectivity index (χ1v) is 9.47. The number of halogens is 1. The highest BCUT2D eigenvalue weighted by Crippen LogP contribution is 2.33. The van der Waals surface area contributed by atoms with Crippen molar-refractivity contribution in [1.82, 2.24) is 9.88 Å². The molecule has 3 aromatic rings. The van der Waals surface area contributed by atoms with Gasteiger partial charge in [0.05, 0.1) is 12.2 Å². The second-order valence-electron chi connectivity index (χ2n) is 5.81. The molecule has 1 amide bonds. The number of hydrogen-bond donors (Lipinski definition) is 0. The average Bonchev–Trinajstić information content (AvgIpc) is 3.26. The van der Waals surface area contributed by atoms with E-state index in [9.17, 15) is 9.18 Å². The maximum absolute atomic E-state index is 13.6. The molecule has 1 unspecified atom stereocenters. The van der Waals surface area contributed by atoms with E-state index in [-0.39, 0.29) is 17.8 Å². The molecule has 0 fully saturated rings. The number of rotatable bonds is 2. The van der Waals surface area contributed by atoms with Crippen LogP contribution in [0.2, 0.25) is 0 Å². The van der Waals surface area contributed by atoms with Gasteiger partial charge in [0.15, 0.2) is 0 Å². The van der Waals surface area contributed by atoms with Crippen LogP contribution >= 0.6 is 22.7 Å². The van der Waals surface area contributed by atoms with Gasteiger partial charge in [0, 0.05) is 17.5 Å². The molecule has 6 heteroatoms. The van der Waals surface area contributed by atoms with Gasteiger partial charge in [-0.25, -0.2) is 9.37 Å². The van der Waals surface area contributed by atoms with Crippen LogP contribution in [0, 0.1) is 5.82 Å². The van der Waals surface area contributed by atoms with Crippen LogP contribution in [0.4, 0.5) is 4.39 Å².